The van der Waals surface area contributed by atoms with Gasteiger partial charge in [0, 0.05) is 23.5 Å². The first-order valence-corrected chi connectivity index (χ1v) is 7.09. The van der Waals surface area contributed by atoms with Crippen molar-refractivity contribution in [1.82, 2.24) is 4.98 Å². The van der Waals surface area contributed by atoms with Crippen LogP contribution in [0, 0.1) is 0 Å². The third kappa shape index (κ3) is 2.11. The van der Waals surface area contributed by atoms with E-state index in [4.69, 9.17) is 18.0 Å². The van der Waals surface area contributed by atoms with Crippen LogP contribution in [0.15, 0.2) is 41.9 Å². The third-order valence-corrected chi connectivity index (χ3v) is 4.15. The molecule has 92 valence electrons. The van der Waals surface area contributed by atoms with Crippen LogP contribution in [0.3, 0.4) is 0 Å². The number of thiocarbonyl (C=S) groups is 1. The van der Waals surface area contributed by atoms with E-state index in [1.165, 1.54) is 5.56 Å². The predicted octanol–water partition coefficient (Wildman–Crippen LogP) is 2.75. The van der Waals surface area contributed by atoms with Gasteiger partial charge < -0.3 is 5.73 Å². The summed E-state index contributed by atoms with van der Waals surface area (Å²) in [5, 5.41) is 3.25. The highest BCUT2D eigenvalue weighted by molar-refractivity contribution is 7.80. The highest BCUT2D eigenvalue weighted by Crippen LogP contribution is 2.46. The number of anilines is 1. The van der Waals surface area contributed by atoms with Crippen molar-refractivity contribution in [3.8, 4) is 0 Å². The van der Waals surface area contributed by atoms with E-state index in [0.29, 0.717) is 17.1 Å². The molecule has 5 heteroatoms. The van der Waals surface area contributed by atoms with Crippen LogP contribution >= 0.6 is 23.6 Å². The summed E-state index contributed by atoms with van der Waals surface area (Å²) in [6, 6.07) is 10.8. The van der Waals surface area contributed by atoms with E-state index >= 15 is 0 Å². The second kappa shape index (κ2) is 4.66. The molecule has 1 fully saturated rings. The van der Waals surface area contributed by atoms with Crippen molar-refractivity contribution in [1.29, 1.82) is 0 Å². The lowest BCUT2D eigenvalue weighted by atomic mass is 10.1. The molecule has 1 aliphatic carbocycles. The molecule has 2 unspecified atom stereocenters. The maximum absolute atomic E-state index is 5.83. The molecule has 2 aromatic rings. The molecule has 2 N–H and O–H groups in total. The molecule has 2 atom stereocenters. The number of rotatable bonds is 3. The third-order valence-electron chi connectivity index (χ3n) is 3.18. The Hall–Kier alpha value is -1.46. The smallest absolute Gasteiger partial charge is 0.191 e. The second-order valence-corrected chi connectivity index (χ2v) is 5.63. The molecule has 3 rings (SSSR count). The highest BCUT2D eigenvalue weighted by Gasteiger charge is 2.44. The standard InChI is InChI=1S/C13H13N3S2/c14-12(17)16(13-15-6-7-18-13)11-8-10(11)9-4-2-1-3-5-9/h1-7,10-11H,8H2,(H2,14,17). The Bertz CT molecular complexity index is 539. The van der Waals surface area contributed by atoms with Crippen molar-refractivity contribution in [2.24, 2.45) is 5.73 Å². The van der Waals surface area contributed by atoms with E-state index in [2.05, 4.69) is 29.2 Å². The molecule has 1 heterocycles. The van der Waals surface area contributed by atoms with Gasteiger partial charge in [-0.2, -0.15) is 0 Å². The second-order valence-electron chi connectivity index (χ2n) is 4.34. The number of hydrogen-bond donors (Lipinski definition) is 1. The molecule has 1 aromatic carbocycles. The average Bonchev–Trinajstić information content (AvgIpc) is 2.95. The number of aromatic nitrogens is 1. The van der Waals surface area contributed by atoms with E-state index in [9.17, 15) is 0 Å². The summed E-state index contributed by atoms with van der Waals surface area (Å²) in [6.07, 6.45) is 2.87. The first-order chi connectivity index (χ1) is 8.77. The average molecular weight is 275 g/mol. The van der Waals surface area contributed by atoms with Gasteiger partial charge >= 0.3 is 0 Å². The number of benzene rings is 1. The molecule has 18 heavy (non-hydrogen) atoms. The highest BCUT2D eigenvalue weighted by atomic mass is 32.1. The van der Waals surface area contributed by atoms with E-state index in [1.807, 2.05) is 16.3 Å². The predicted molar refractivity (Wildman–Crippen MR) is 79.0 cm³/mol. The van der Waals surface area contributed by atoms with Gasteiger partial charge in [0.25, 0.3) is 0 Å². The Morgan fingerprint density at radius 2 is 2.17 bits per heavy atom. The van der Waals surface area contributed by atoms with E-state index in [-0.39, 0.29) is 0 Å². The first-order valence-electron chi connectivity index (χ1n) is 5.80. The van der Waals surface area contributed by atoms with Crippen LogP contribution in [0.25, 0.3) is 0 Å². The summed E-state index contributed by atoms with van der Waals surface area (Å²) in [6.45, 7) is 0. The lowest BCUT2D eigenvalue weighted by Crippen LogP contribution is -2.38. The van der Waals surface area contributed by atoms with Gasteiger partial charge in [-0.15, -0.1) is 11.3 Å². The maximum atomic E-state index is 5.83. The van der Waals surface area contributed by atoms with E-state index in [0.717, 1.165) is 11.6 Å². The number of nitrogens with zero attached hydrogens (tertiary/aromatic N) is 2. The van der Waals surface area contributed by atoms with Gasteiger partial charge in [0.2, 0.25) is 0 Å². The number of nitrogens with two attached hydrogens (primary N) is 1. The molecule has 1 saturated carbocycles. The van der Waals surface area contributed by atoms with Gasteiger partial charge in [0.05, 0.1) is 0 Å². The molecule has 1 aliphatic rings. The molecule has 0 radical (unpaired) electrons. The normalized spacial score (nSPS) is 21.6. The van der Waals surface area contributed by atoms with Gasteiger partial charge in [0.15, 0.2) is 10.2 Å². The topological polar surface area (TPSA) is 42.1 Å². The van der Waals surface area contributed by atoms with Gasteiger partial charge in [-0.05, 0) is 24.2 Å². The van der Waals surface area contributed by atoms with Crippen molar-refractivity contribution in [2.75, 3.05) is 4.90 Å². The maximum Gasteiger partial charge on any atom is 0.191 e. The van der Waals surface area contributed by atoms with Crippen molar-refractivity contribution in [2.45, 2.75) is 18.4 Å². The minimum atomic E-state index is 0.357. The SMILES string of the molecule is NC(=S)N(c1nccs1)C1CC1c1ccccc1. The largest absolute Gasteiger partial charge is 0.376 e. The fraction of sp³-hybridized carbons (Fsp3) is 0.231. The van der Waals surface area contributed by atoms with E-state index in [1.54, 1.807) is 17.5 Å². The minimum absolute atomic E-state index is 0.357. The molecule has 0 aliphatic heterocycles. The van der Waals surface area contributed by atoms with Crippen molar-refractivity contribution in [3.63, 3.8) is 0 Å². The fourth-order valence-electron chi connectivity index (χ4n) is 2.26. The Kier molecular flexibility index (Phi) is 3.01. The summed E-state index contributed by atoms with van der Waals surface area (Å²) in [5.74, 6) is 0.511. The van der Waals surface area contributed by atoms with Crippen LogP contribution in [0.1, 0.15) is 17.9 Å². The lowest BCUT2D eigenvalue weighted by Gasteiger charge is -2.20. The van der Waals surface area contributed by atoms with Crippen LogP contribution in [-0.2, 0) is 0 Å². The van der Waals surface area contributed by atoms with Gasteiger partial charge in [-0.1, -0.05) is 30.3 Å². The number of thiazole rings is 1. The molecule has 0 bridgehead atoms. The summed E-state index contributed by atoms with van der Waals surface area (Å²) in [5.41, 5.74) is 7.18. The summed E-state index contributed by atoms with van der Waals surface area (Å²) in [4.78, 5) is 6.29. The molecule has 0 amide bonds. The Morgan fingerprint density at radius 1 is 1.39 bits per heavy atom. The molecule has 3 nitrogen and oxygen atoms in total. The van der Waals surface area contributed by atoms with Crippen LogP contribution in [0.5, 0.6) is 0 Å². The first kappa shape index (κ1) is 11.6. The van der Waals surface area contributed by atoms with Crippen molar-refractivity contribution in [3.05, 3.63) is 47.5 Å². The Balaban J connectivity index is 1.82. The minimum Gasteiger partial charge on any atom is -0.376 e. The van der Waals surface area contributed by atoms with Gasteiger partial charge in [-0.3, -0.25) is 4.90 Å². The molecule has 0 saturated heterocycles. The zero-order valence-electron chi connectivity index (χ0n) is 9.69. The molecule has 0 spiro atoms. The van der Waals surface area contributed by atoms with Gasteiger partial charge in [0.1, 0.15) is 0 Å². The Morgan fingerprint density at radius 3 is 2.78 bits per heavy atom. The monoisotopic (exact) mass is 275 g/mol. The summed E-state index contributed by atoms with van der Waals surface area (Å²) in [7, 11) is 0. The van der Waals surface area contributed by atoms with Crippen molar-refractivity contribution < 1.29 is 0 Å². The van der Waals surface area contributed by atoms with Crippen LogP contribution < -0.4 is 10.6 Å². The Labute approximate surface area is 115 Å². The molecular formula is C13H13N3S2. The number of hydrogen-bond acceptors (Lipinski definition) is 3. The van der Waals surface area contributed by atoms with Crippen LogP contribution in [0.4, 0.5) is 5.13 Å². The van der Waals surface area contributed by atoms with Crippen LogP contribution in [0.2, 0.25) is 0 Å². The van der Waals surface area contributed by atoms with Gasteiger partial charge in [-0.25, -0.2) is 4.98 Å². The fourth-order valence-corrected chi connectivity index (χ4v) is 3.25. The zero-order valence-corrected chi connectivity index (χ0v) is 11.3. The van der Waals surface area contributed by atoms with E-state index < -0.39 is 0 Å². The zero-order chi connectivity index (χ0) is 12.5. The molecular weight excluding hydrogens is 262 g/mol. The van der Waals surface area contributed by atoms with Crippen LogP contribution in [-0.4, -0.2) is 16.1 Å². The molecule has 1 aromatic heterocycles. The lowest BCUT2D eigenvalue weighted by molar-refractivity contribution is 0.943. The summed E-state index contributed by atoms with van der Waals surface area (Å²) < 4.78 is 0. The summed E-state index contributed by atoms with van der Waals surface area (Å²) >= 11 is 6.73. The van der Waals surface area contributed by atoms with Crippen molar-refractivity contribution >= 4 is 33.8 Å². The quantitative estimate of drug-likeness (QED) is 0.875.